The zero-order chi connectivity index (χ0) is 13.6. The van der Waals surface area contributed by atoms with Crippen molar-refractivity contribution in [1.29, 1.82) is 0 Å². The molecule has 0 bridgehead atoms. The smallest absolute Gasteiger partial charge is 0.258 e. The van der Waals surface area contributed by atoms with Crippen LogP contribution in [0.4, 0.5) is 0 Å². The number of carbonyl (C=O) groups is 1. The van der Waals surface area contributed by atoms with Gasteiger partial charge in [-0.25, -0.2) is 4.98 Å². The Labute approximate surface area is 122 Å². The third kappa shape index (κ3) is 2.36. The quantitative estimate of drug-likeness (QED) is 0.860. The molecule has 1 saturated heterocycles. The molecule has 20 heavy (non-hydrogen) atoms. The van der Waals surface area contributed by atoms with Gasteiger partial charge in [-0.1, -0.05) is 5.16 Å². The van der Waals surface area contributed by atoms with Crippen molar-refractivity contribution in [2.75, 3.05) is 13.1 Å². The van der Waals surface area contributed by atoms with Gasteiger partial charge in [0.1, 0.15) is 0 Å². The number of pyridine rings is 1. The third-order valence-corrected chi connectivity index (χ3v) is 3.49. The first-order valence-electron chi connectivity index (χ1n) is 6.34. The van der Waals surface area contributed by atoms with E-state index in [-0.39, 0.29) is 24.4 Å². The summed E-state index contributed by atoms with van der Waals surface area (Å²) in [5.41, 5.74) is 8.32. The minimum Gasteiger partial charge on any atom is -0.337 e. The highest BCUT2D eigenvalue weighted by Gasteiger charge is 2.27. The average Bonchev–Trinajstić information content (AvgIpc) is 2.95. The maximum atomic E-state index is 12.6. The van der Waals surface area contributed by atoms with Gasteiger partial charge in [-0.2, -0.15) is 0 Å². The molecule has 0 radical (unpaired) electrons. The van der Waals surface area contributed by atoms with Crippen LogP contribution in [0, 0.1) is 13.8 Å². The van der Waals surface area contributed by atoms with Gasteiger partial charge in [0.15, 0.2) is 0 Å². The summed E-state index contributed by atoms with van der Waals surface area (Å²) < 4.78 is 5.15. The fraction of sp³-hybridized carbons (Fsp3) is 0.462. The summed E-state index contributed by atoms with van der Waals surface area (Å²) in [6.45, 7) is 4.96. The predicted molar refractivity (Wildman–Crippen MR) is 77.0 cm³/mol. The Kier molecular flexibility index (Phi) is 3.96. The Hall–Kier alpha value is -1.66. The SMILES string of the molecule is Cc1cc(C(=O)N2CC[C@@H](N)C2)c2c(C)noc2n1.Cl. The number of nitrogens with two attached hydrogens (primary N) is 1. The number of nitrogens with zero attached hydrogens (tertiary/aromatic N) is 3. The molecule has 0 aliphatic carbocycles. The lowest BCUT2D eigenvalue weighted by Gasteiger charge is -2.16. The molecule has 6 nitrogen and oxygen atoms in total. The summed E-state index contributed by atoms with van der Waals surface area (Å²) in [6, 6.07) is 1.87. The molecule has 7 heteroatoms. The van der Waals surface area contributed by atoms with Crippen LogP contribution in [0.1, 0.15) is 28.2 Å². The molecule has 0 unspecified atom stereocenters. The number of carbonyl (C=O) groups excluding carboxylic acids is 1. The molecule has 0 spiro atoms. The molecule has 2 aromatic heterocycles. The van der Waals surface area contributed by atoms with E-state index in [0.717, 1.165) is 12.1 Å². The van der Waals surface area contributed by atoms with Gasteiger partial charge in [-0.3, -0.25) is 4.79 Å². The fourth-order valence-corrected chi connectivity index (χ4v) is 2.53. The lowest BCUT2D eigenvalue weighted by molar-refractivity contribution is 0.0792. The molecule has 0 saturated carbocycles. The summed E-state index contributed by atoms with van der Waals surface area (Å²) in [7, 11) is 0. The standard InChI is InChI=1S/C13H16N4O2.ClH/c1-7-5-10(11-8(2)16-19-12(11)15-7)13(18)17-4-3-9(14)6-17;/h5,9H,3-4,6,14H2,1-2H3;1H/t9-;/m1./s1. The van der Waals surface area contributed by atoms with Crippen molar-refractivity contribution in [3.05, 3.63) is 23.0 Å². The predicted octanol–water partition coefficient (Wildman–Crippen LogP) is 1.43. The number of amides is 1. The number of hydrogen-bond donors (Lipinski definition) is 1. The summed E-state index contributed by atoms with van der Waals surface area (Å²) >= 11 is 0. The van der Waals surface area contributed by atoms with Gasteiger partial charge in [0.25, 0.3) is 11.6 Å². The second kappa shape index (κ2) is 5.38. The number of likely N-dealkylation sites (tertiary alicyclic amines) is 1. The van der Waals surface area contributed by atoms with Gasteiger partial charge in [0, 0.05) is 24.8 Å². The Bertz CT molecular complexity index is 655. The van der Waals surface area contributed by atoms with E-state index < -0.39 is 0 Å². The highest BCUT2D eigenvalue weighted by atomic mass is 35.5. The molecule has 2 aromatic rings. The second-order valence-electron chi connectivity index (χ2n) is 5.06. The third-order valence-electron chi connectivity index (χ3n) is 3.49. The molecule has 3 heterocycles. The van der Waals surface area contributed by atoms with Crippen LogP contribution in [0.3, 0.4) is 0 Å². The number of hydrogen-bond acceptors (Lipinski definition) is 5. The van der Waals surface area contributed by atoms with Crippen LogP contribution in [-0.4, -0.2) is 40.1 Å². The Morgan fingerprint density at radius 3 is 2.90 bits per heavy atom. The summed E-state index contributed by atoms with van der Waals surface area (Å²) in [5.74, 6) is -0.0187. The van der Waals surface area contributed by atoms with Crippen LogP contribution in [0.2, 0.25) is 0 Å². The van der Waals surface area contributed by atoms with Crippen molar-refractivity contribution in [1.82, 2.24) is 15.0 Å². The van der Waals surface area contributed by atoms with Crippen LogP contribution in [0.15, 0.2) is 10.6 Å². The Balaban J connectivity index is 0.00000147. The summed E-state index contributed by atoms with van der Waals surface area (Å²) in [5, 5.41) is 4.59. The van der Waals surface area contributed by atoms with Crippen LogP contribution in [0.25, 0.3) is 11.1 Å². The molecule has 2 N–H and O–H groups in total. The zero-order valence-electron chi connectivity index (χ0n) is 11.4. The van der Waals surface area contributed by atoms with E-state index in [1.807, 2.05) is 13.8 Å². The van der Waals surface area contributed by atoms with E-state index in [9.17, 15) is 4.79 Å². The zero-order valence-corrected chi connectivity index (χ0v) is 12.2. The van der Waals surface area contributed by atoms with Crippen LogP contribution in [0.5, 0.6) is 0 Å². The van der Waals surface area contributed by atoms with Gasteiger partial charge >= 0.3 is 0 Å². The van der Waals surface area contributed by atoms with E-state index in [1.54, 1.807) is 11.0 Å². The number of aromatic nitrogens is 2. The van der Waals surface area contributed by atoms with Gasteiger partial charge in [-0.05, 0) is 26.3 Å². The number of aryl methyl sites for hydroxylation is 2. The van der Waals surface area contributed by atoms with Gasteiger partial charge < -0.3 is 15.2 Å². The number of halogens is 1. The molecule has 1 atom stereocenters. The lowest BCUT2D eigenvalue weighted by Crippen LogP contribution is -2.32. The first kappa shape index (κ1) is 14.7. The fourth-order valence-electron chi connectivity index (χ4n) is 2.53. The maximum Gasteiger partial charge on any atom is 0.258 e. The number of rotatable bonds is 1. The molecule has 108 valence electrons. The van der Waals surface area contributed by atoms with Crippen molar-refractivity contribution in [3.8, 4) is 0 Å². The number of fused-ring (bicyclic) bond motifs is 1. The van der Waals surface area contributed by atoms with Crippen molar-refractivity contribution in [2.45, 2.75) is 26.3 Å². The lowest BCUT2D eigenvalue weighted by atomic mass is 10.1. The van der Waals surface area contributed by atoms with Gasteiger partial charge in [0.2, 0.25) is 0 Å². The van der Waals surface area contributed by atoms with Crippen molar-refractivity contribution >= 4 is 29.4 Å². The summed E-state index contributed by atoms with van der Waals surface area (Å²) in [6.07, 6.45) is 0.849. The molecule has 0 aromatic carbocycles. The second-order valence-corrected chi connectivity index (χ2v) is 5.06. The van der Waals surface area contributed by atoms with E-state index in [4.69, 9.17) is 10.3 Å². The maximum absolute atomic E-state index is 12.6. The highest BCUT2D eigenvalue weighted by Crippen LogP contribution is 2.24. The van der Waals surface area contributed by atoms with Crippen LogP contribution < -0.4 is 5.73 Å². The van der Waals surface area contributed by atoms with Crippen LogP contribution in [-0.2, 0) is 0 Å². The molecular formula is C13H17ClN4O2. The van der Waals surface area contributed by atoms with E-state index in [2.05, 4.69) is 10.1 Å². The molecular weight excluding hydrogens is 280 g/mol. The van der Waals surface area contributed by atoms with Crippen molar-refractivity contribution in [2.24, 2.45) is 5.73 Å². The van der Waals surface area contributed by atoms with Crippen molar-refractivity contribution in [3.63, 3.8) is 0 Å². The molecule has 1 amide bonds. The van der Waals surface area contributed by atoms with Crippen LogP contribution >= 0.6 is 12.4 Å². The molecule has 1 aliphatic heterocycles. The molecule has 1 fully saturated rings. The topological polar surface area (TPSA) is 85.2 Å². The first-order chi connectivity index (χ1) is 9.06. The van der Waals surface area contributed by atoms with Gasteiger partial charge in [-0.15, -0.1) is 12.4 Å². The monoisotopic (exact) mass is 296 g/mol. The minimum atomic E-state index is -0.0187. The largest absolute Gasteiger partial charge is 0.337 e. The average molecular weight is 297 g/mol. The van der Waals surface area contributed by atoms with Gasteiger partial charge in [0.05, 0.1) is 16.6 Å². The normalized spacial score (nSPS) is 18.4. The van der Waals surface area contributed by atoms with E-state index >= 15 is 0 Å². The van der Waals surface area contributed by atoms with E-state index in [1.165, 1.54) is 0 Å². The highest BCUT2D eigenvalue weighted by molar-refractivity contribution is 6.06. The molecule has 3 rings (SSSR count). The first-order valence-corrected chi connectivity index (χ1v) is 6.34. The molecule has 1 aliphatic rings. The minimum absolute atomic E-state index is 0. The summed E-state index contributed by atoms with van der Waals surface area (Å²) in [4.78, 5) is 18.6. The van der Waals surface area contributed by atoms with Crippen molar-refractivity contribution < 1.29 is 9.32 Å². The Morgan fingerprint density at radius 1 is 1.50 bits per heavy atom. The van der Waals surface area contributed by atoms with E-state index in [0.29, 0.717) is 35.4 Å². The Morgan fingerprint density at radius 2 is 2.25 bits per heavy atom.